The lowest BCUT2D eigenvalue weighted by molar-refractivity contribution is -0.146. The SMILES string of the molecule is Cc1cccc(N2CCN(C(=O)C(=O)NCCCNC=O)CC2)c1. The summed E-state index contributed by atoms with van der Waals surface area (Å²) in [5.41, 5.74) is 2.35. The molecule has 0 saturated carbocycles. The van der Waals surface area contributed by atoms with Gasteiger partial charge in [0.1, 0.15) is 0 Å². The molecule has 0 aliphatic carbocycles. The van der Waals surface area contributed by atoms with E-state index >= 15 is 0 Å². The first-order valence-corrected chi connectivity index (χ1v) is 8.17. The highest BCUT2D eigenvalue weighted by molar-refractivity contribution is 6.35. The van der Waals surface area contributed by atoms with Crippen molar-refractivity contribution in [2.24, 2.45) is 0 Å². The molecule has 1 fully saturated rings. The van der Waals surface area contributed by atoms with Crippen molar-refractivity contribution in [3.63, 3.8) is 0 Å². The van der Waals surface area contributed by atoms with Gasteiger partial charge in [-0.25, -0.2) is 0 Å². The fraction of sp³-hybridized carbons (Fsp3) is 0.471. The van der Waals surface area contributed by atoms with E-state index in [0.29, 0.717) is 52.1 Å². The summed E-state index contributed by atoms with van der Waals surface area (Å²) in [4.78, 5) is 37.9. The van der Waals surface area contributed by atoms with Crippen LogP contribution in [0.15, 0.2) is 24.3 Å². The third-order valence-electron chi connectivity index (χ3n) is 3.99. The van der Waals surface area contributed by atoms with Gasteiger partial charge in [0.15, 0.2) is 0 Å². The molecule has 1 aliphatic rings. The van der Waals surface area contributed by atoms with Crippen LogP contribution in [-0.2, 0) is 14.4 Å². The molecule has 0 spiro atoms. The number of nitrogens with one attached hydrogen (secondary N) is 2. The lowest BCUT2D eigenvalue weighted by atomic mass is 10.2. The van der Waals surface area contributed by atoms with E-state index in [1.807, 2.05) is 6.07 Å². The molecule has 2 N–H and O–H groups in total. The third kappa shape index (κ3) is 4.97. The number of nitrogens with zero attached hydrogens (tertiary/aromatic N) is 2. The molecule has 1 heterocycles. The second-order valence-corrected chi connectivity index (χ2v) is 5.80. The van der Waals surface area contributed by atoms with Gasteiger partial charge in [-0.1, -0.05) is 12.1 Å². The monoisotopic (exact) mass is 332 g/mol. The number of carbonyl (C=O) groups is 3. The number of hydrogen-bond donors (Lipinski definition) is 2. The van der Waals surface area contributed by atoms with Crippen LogP contribution in [0.2, 0.25) is 0 Å². The Balaban J connectivity index is 1.75. The van der Waals surface area contributed by atoms with Gasteiger partial charge in [0.05, 0.1) is 0 Å². The van der Waals surface area contributed by atoms with Crippen LogP contribution in [0.4, 0.5) is 5.69 Å². The van der Waals surface area contributed by atoms with Gasteiger partial charge in [0.2, 0.25) is 6.41 Å². The van der Waals surface area contributed by atoms with Gasteiger partial charge in [-0.2, -0.15) is 0 Å². The zero-order valence-corrected chi connectivity index (χ0v) is 14.0. The standard InChI is InChI=1S/C17H24N4O3/c1-14-4-2-5-15(12-14)20-8-10-21(11-9-20)17(24)16(23)19-7-3-6-18-13-22/h2,4-5,12-13H,3,6-11H2,1H3,(H,18,22)(H,19,23). The zero-order valence-electron chi connectivity index (χ0n) is 14.0. The molecule has 7 nitrogen and oxygen atoms in total. The number of aryl methyl sites for hydroxylation is 1. The fourth-order valence-corrected chi connectivity index (χ4v) is 2.66. The normalized spacial score (nSPS) is 14.2. The maximum Gasteiger partial charge on any atom is 0.312 e. The smallest absolute Gasteiger partial charge is 0.312 e. The largest absolute Gasteiger partial charge is 0.368 e. The van der Waals surface area contributed by atoms with E-state index < -0.39 is 11.8 Å². The molecule has 1 aliphatic heterocycles. The molecule has 0 bridgehead atoms. The van der Waals surface area contributed by atoms with Gasteiger partial charge in [-0.05, 0) is 31.0 Å². The van der Waals surface area contributed by atoms with Gasteiger partial charge in [0.25, 0.3) is 0 Å². The summed E-state index contributed by atoms with van der Waals surface area (Å²) < 4.78 is 0. The number of piperazine rings is 1. The zero-order chi connectivity index (χ0) is 17.4. The molecule has 1 saturated heterocycles. The Morgan fingerprint density at radius 2 is 1.92 bits per heavy atom. The fourth-order valence-electron chi connectivity index (χ4n) is 2.66. The van der Waals surface area contributed by atoms with Gasteiger partial charge in [-0.3, -0.25) is 14.4 Å². The van der Waals surface area contributed by atoms with Crippen molar-refractivity contribution in [3.05, 3.63) is 29.8 Å². The van der Waals surface area contributed by atoms with Crippen LogP contribution in [-0.4, -0.2) is 62.4 Å². The number of amides is 3. The maximum atomic E-state index is 12.1. The van der Waals surface area contributed by atoms with Crippen molar-refractivity contribution < 1.29 is 14.4 Å². The second-order valence-electron chi connectivity index (χ2n) is 5.80. The van der Waals surface area contributed by atoms with Crippen LogP contribution in [0.1, 0.15) is 12.0 Å². The van der Waals surface area contributed by atoms with Crippen molar-refractivity contribution in [1.82, 2.24) is 15.5 Å². The third-order valence-corrected chi connectivity index (χ3v) is 3.99. The number of benzene rings is 1. The predicted molar refractivity (Wildman–Crippen MR) is 91.7 cm³/mol. The molecule has 3 amide bonds. The Bertz CT molecular complexity index is 583. The Labute approximate surface area is 142 Å². The molecule has 1 aromatic carbocycles. The van der Waals surface area contributed by atoms with E-state index in [4.69, 9.17) is 0 Å². The molecule has 1 aromatic rings. The summed E-state index contributed by atoms with van der Waals surface area (Å²) in [5.74, 6) is -1.06. The average Bonchev–Trinajstić information content (AvgIpc) is 2.61. The summed E-state index contributed by atoms with van der Waals surface area (Å²) in [6.45, 7) is 5.40. The van der Waals surface area contributed by atoms with Crippen LogP contribution in [0, 0.1) is 6.92 Å². The Morgan fingerprint density at radius 3 is 2.58 bits per heavy atom. The van der Waals surface area contributed by atoms with Crippen molar-refractivity contribution in [3.8, 4) is 0 Å². The highest BCUT2D eigenvalue weighted by Gasteiger charge is 2.25. The van der Waals surface area contributed by atoms with Crippen molar-refractivity contribution in [1.29, 1.82) is 0 Å². The topological polar surface area (TPSA) is 81.8 Å². The van der Waals surface area contributed by atoms with E-state index in [9.17, 15) is 14.4 Å². The van der Waals surface area contributed by atoms with E-state index in [1.54, 1.807) is 4.90 Å². The molecule has 130 valence electrons. The molecule has 0 atom stereocenters. The van der Waals surface area contributed by atoms with Crippen molar-refractivity contribution in [2.75, 3.05) is 44.2 Å². The van der Waals surface area contributed by atoms with Crippen LogP contribution >= 0.6 is 0 Å². The highest BCUT2D eigenvalue weighted by atomic mass is 16.2. The molecule has 2 rings (SSSR count). The summed E-state index contributed by atoms with van der Waals surface area (Å²) in [6, 6.07) is 8.26. The van der Waals surface area contributed by atoms with E-state index in [0.717, 1.165) is 5.69 Å². The minimum atomic E-state index is -0.579. The second kappa shape index (κ2) is 8.90. The van der Waals surface area contributed by atoms with Gasteiger partial charge >= 0.3 is 11.8 Å². The minimum absolute atomic E-state index is 0.370. The number of carbonyl (C=O) groups excluding carboxylic acids is 3. The van der Waals surface area contributed by atoms with Gasteiger partial charge in [-0.15, -0.1) is 0 Å². The van der Waals surface area contributed by atoms with Gasteiger partial charge in [0, 0.05) is 45.0 Å². The quantitative estimate of drug-likeness (QED) is 0.433. The summed E-state index contributed by atoms with van der Waals surface area (Å²) >= 11 is 0. The maximum absolute atomic E-state index is 12.1. The summed E-state index contributed by atoms with van der Waals surface area (Å²) in [5, 5.41) is 5.10. The lowest BCUT2D eigenvalue weighted by Gasteiger charge is -2.35. The molecule has 0 radical (unpaired) electrons. The number of rotatable bonds is 6. The summed E-state index contributed by atoms with van der Waals surface area (Å²) in [7, 11) is 0. The molecular formula is C17H24N4O3. The summed E-state index contributed by atoms with van der Waals surface area (Å²) in [6.07, 6.45) is 1.21. The van der Waals surface area contributed by atoms with E-state index in [2.05, 4.69) is 40.7 Å². The first-order chi connectivity index (χ1) is 11.6. The predicted octanol–water partition coefficient (Wildman–Crippen LogP) is -0.104. The Kier molecular flexibility index (Phi) is 6.60. The van der Waals surface area contributed by atoms with Crippen molar-refractivity contribution in [2.45, 2.75) is 13.3 Å². The molecule has 24 heavy (non-hydrogen) atoms. The lowest BCUT2D eigenvalue weighted by Crippen LogP contribution is -2.52. The van der Waals surface area contributed by atoms with Crippen LogP contribution in [0.5, 0.6) is 0 Å². The Morgan fingerprint density at radius 1 is 1.17 bits per heavy atom. The van der Waals surface area contributed by atoms with Crippen LogP contribution in [0.25, 0.3) is 0 Å². The molecule has 7 heteroatoms. The van der Waals surface area contributed by atoms with E-state index in [1.165, 1.54) is 5.56 Å². The van der Waals surface area contributed by atoms with Crippen molar-refractivity contribution >= 4 is 23.9 Å². The van der Waals surface area contributed by atoms with Gasteiger partial charge < -0.3 is 20.4 Å². The van der Waals surface area contributed by atoms with E-state index in [-0.39, 0.29) is 0 Å². The number of anilines is 1. The number of hydrogen-bond acceptors (Lipinski definition) is 4. The molecule has 0 aromatic heterocycles. The Hall–Kier alpha value is -2.57. The first-order valence-electron chi connectivity index (χ1n) is 8.17. The average molecular weight is 332 g/mol. The molecule has 0 unspecified atom stereocenters. The highest BCUT2D eigenvalue weighted by Crippen LogP contribution is 2.17. The van der Waals surface area contributed by atoms with Crippen LogP contribution in [0.3, 0.4) is 0 Å². The molecular weight excluding hydrogens is 308 g/mol. The minimum Gasteiger partial charge on any atom is -0.368 e. The first kappa shape index (κ1) is 17.8. The van der Waals surface area contributed by atoms with Crippen LogP contribution < -0.4 is 15.5 Å².